The second-order valence-electron chi connectivity index (χ2n) is 8.49. The van der Waals surface area contributed by atoms with Crippen LogP contribution in [0.5, 0.6) is 0 Å². The predicted molar refractivity (Wildman–Crippen MR) is 104 cm³/mol. The van der Waals surface area contributed by atoms with Crippen molar-refractivity contribution >= 4 is 11.8 Å². The molecule has 3 aliphatic rings. The lowest BCUT2D eigenvalue weighted by Crippen LogP contribution is -2.51. The first-order chi connectivity index (χ1) is 15.3. The van der Waals surface area contributed by atoms with Gasteiger partial charge in [-0.2, -0.15) is 0 Å². The monoisotopic (exact) mass is 448 g/mol. The summed E-state index contributed by atoms with van der Waals surface area (Å²) < 4.78 is 60.7. The van der Waals surface area contributed by atoms with E-state index in [9.17, 15) is 27.2 Å². The highest BCUT2D eigenvalue weighted by Crippen LogP contribution is 2.47. The zero-order valence-corrected chi connectivity index (χ0v) is 17.0. The fourth-order valence-electron chi connectivity index (χ4n) is 5.04. The number of ether oxygens (including phenoxy) is 1. The molecular formula is C23H20F4N2O3. The molecule has 3 heterocycles. The molecule has 5 rings (SSSR count). The van der Waals surface area contributed by atoms with E-state index in [-0.39, 0.29) is 37.4 Å². The molecule has 3 fully saturated rings. The van der Waals surface area contributed by atoms with E-state index in [1.165, 1.54) is 17.0 Å². The van der Waals surface area contributed by atoms with Crippen LogP contribution in [-0.4, -0.2) is 46.5 Å². The fraction of sp³-hybridized carbons (Fsp3) is 0.391. The number of carbonyl (C=O) groups excluding carboxylic acids is 2. The molecule has 2 atom stereocenters. The van der Waals surface area contributed by atoms with Gasteiger partial charge in [0, 0.05) is 38.1 Å². The molecule has 0 bridgehead atoms. The van der Waals surface area contributed by atoms with E-state index in [2.05, 4.69) is 0 Å². The van der Waals surface area contributed by atoms with Gasteiger partial charge in [-0.25, -0.2) is 17.6 Å². The van der Waals surface area contributed by atoms with E-state index >= 15 is 0 Å². The van der Waals surface area contributed by atoms with Gasteiger partial charge < -0.3 is 14.5 Å². The number of carbonyl (C=O) groups is 2. The summed E-state index contributed by atoms with van der Waals surface area (Å²) in [5.74, 6) is -3.94. The lowest BCUT2D eigenvalue weighted by molar-refractivity contribution is -0.142. The normalized spacial score (nSPS) is 24.3. The molecule has 2 aromatic carbocycles. The van der Waals surface area contributed by atoms with Gasteiger partial charge in [0.2, 0.25) is 0 Å². The average Bonchev–Trinajstić information content (AvgIpc) is 3.26. The summed E-state index contributed by atoms with van der Waals surface area (Å²) in [7, 11) is 0. The second kappa shape index (κ2) is 7.58. The molecule has 32 heavy (non-hydrogen) atoms. The Kier molecular flexibility index (Phi) is 4.96. The molecule has 1 spiro atoms. The molecule has 0 unspecified atom stereocenters. The van der Waals surface area contributed by atoms with E-state index < -0.39 is 47.0 Å². The number of piperidine rings is 1. The lowest BCUT2D eigenvalue weighted by Gasteiger charge is -2.37. The van der Waals surface area contributed by atoms with Crippen LogP contribution in [0.2, 0.25) is 0 Å². The number of amides is 2. The highest BCUT2D eigenvalue weighted by atomic mass is 19.1. The van der Waals surface area contributed by atoms with Crippen molar-refractivity contribution < 1.29 is 31.9 Å². The smallest absolute Gasteiger partial charge is 0.257 e. The van der Waals surface area contributed by atoms with Crippen molar-refractivity contribution in [1.82, 2.24) is 9.80 Å². The average molecular weight is 448 g/mol. The molecule has 3 aliphatic heterocycles. The minimum Gasteiger partial charge on any atom is -0.342 e. The number of halogens is 4. The number of benzene rings is 2. The van der Waals surface area contributed by atoms with Crippen molar-refractivity contribution in [3.8, 4) is 0 Å². The molecule has 2 amide bonds. The summed E-state index contributed by atoms with van der Waals surface area (Å²) in [6, 6.07) is 5.55. The summed E-state index contributed by atoms with van der Waals surface area (Å²) in [5, 5.41) is 0. The van der Waals surface area contributed by atoms with Gasteiger partial charge in [0.05, 0.1) is 11.6 Å². The Morgan fingerprint density at radius 2 is 1.62 bits per heavy atom. The summed E-state index contributed by atoms with van der Waals surface area (Å²) in [6.45, 7) is 0.336. The topological polar surface area (TPSA) is 49.9 Å². The van der Waals surface area contributed by atoms with Gasteiger partial charge >= 0.3 is 0 Å². The van der Waals surface area contributed by atoms with Gasteiger partial charge in [-0.1, -0.05) is 0 Å². The zero-order chi connectivity index (χ0) is 22.6. The van der Waals surface area contributed by atoms with Crippen LogP contribution < -0.4 is 0 Å². The van der Waals surface area contributed by atoms with Crippen molar-refractivity contribution in [3.05, 3.63) is 70.8 Å². The summed E-state index contributed by atoms with van der Waals surface area (Å²) in [4.78, 5) is 29.0. The SMILES string of the molecule is O=C(c1ccc(F)cc1F)N1CCC2(CC1)O[C@@H]1CC[C@@H](c3cc(F)cc(F)c3)N1C2=O. The molecule has 0 saturated carbocycles. The maximum Gasteiger partial charge on any atom is 0.257 e. The van der Waals surface area contributed by atoms with E-state index in [1.807, 2.05) is 0 Å². The van der Waals surface area contributed by atoms with Gasteiger partial charge in [0.15, 0.2) is 5.60 Å². The van der Waals surface area contributed by atoms with Crippen LogP contribution >= 0.6 is 0 Å². The van der Waals surface area contributed by atoms with E-state index in [0.29, 0.717) is 24.5 Å². The third-order valence-electron chi connectivity index (χ3n) is 6.61. The molecule has 0 N–H and O–H groups in total. The molecule has 9 heteroatoms. The van der Waals surface area contributed by atoms with Crippen LogP contribution in [0.4, 0.5) is 17.6 Å². The number of rotatable bonds is 2. The number of hydrogen-bond acceptors (Lipinski definition) is 3. The minimum absolute atomic E-state index is 0.168. The van der Waals surface area contributed by atoms with Gasteiger partial charge in [-0.05, 0) is 42.7 Å². The first kappa shape index (κ1) is 20.9. The first-order valence-electron chi connectivity index (χ1n) is 10.5. The van der Waals surface area contributed by atoms with Crippen molar-refractivity contribution in [2.75, 3.05) is 13.1 Å². The van der Waals surface area contributed by atoms with Crippen molar-refractivity contribution in [2.45, 2.75) is 43.6 Å². The molecule has 2 aromatic rings. The maximum absolute atomic E-state index is 14.0. The quantitative estimate of drug-likeness (QED) is 0.654. The summed E-state index contributed by atoms with van der Waals surface area (Å²) >= 11 is 0. The highest BCUT2D eigenvalue weighted by Gasteiger charge is 2.58. The zero-order valence-electron chi connectivity index (χ0n) is 17.0. The second-order valence-corrected chi connectivity index (χ2v) is 8.49. The largest absolute Gasteiger partial charge is 0.342 e. The summed E-state index contributed by atoms with van der Waals surface area (Å²) in [5.41, 5.74) is -0.957. The molecule has 5 nitrogen and oxygen atoms in total. The lowest BCUT2D eigenvalue weighted by atomic mass is 9.89. The van der Waals surface area contributed by atoms with Gasteiger partial charge in [-0.3, -0.25) is 9.59 Å². The predicted octanol–water partition coefficient (Wildman–Crippen LogP) is 3.94. The number of likely N-dealkylation sites (tertiary alicyclic amines) is 1. The molecule has 0 aliphatic carbocycles. The van der Waals surface area contributed by atoms with Crippen molar-refractivity contribution in [3.63, 3.8) is 0 Å². The molecule has 0 aromatic heterocycles. The van der Waals surface area contributed by atoms with E-state index in [0.717, 1.165) is 18.2 Å². The standard InChI is InChI=1S/C23H20F4N2O3/c24-14-1-2-17(18(27)12-14)21(30)28-7-5-23(6-8-28)22(31)29-19(3-4-20(29)32-23)13-9-15(25)11-16(26)10-13/h1-2,9-12,19-20H,3-8H2/t19-,20+/m0/s1. The van der Waals surface area contributed by atoms with Crippen molar-refractivity contribution in [2.24, 2.45) is 0 Å². The number of fused-ring (bicyclic) bond motifs is 1. The van der Waals surface area contributed by atoms with Crippen LogP contribution in [-0.2, 0) is 9.53 Å². The maximum atomic E-state index is 14.0. The Morgan fingerprint density at radius 3 is 2.28 bits per heavy atom. The highest BCUT2D eigenvalue weighted by molar-refractivity contribution is 5.95. The molecular weight excluding hydrogens is 428 g/mol. The van der Waals surface area contributed by atoms with Gasteiger partial charge in [0.25, 0.3) is 11.8 Å². The van der Waals surface area contributed by atoms with Crippen LogP contribution in [0.25, 0.3) is 0 Å². The van der Waals surface area contributed by atoms with Crippen LogP contribution in [0, 0.1) is 23.3 Å². The van der Waals surface area contributed by atoms with Crippen LogP contribution in [0.1, 0.15) is 47.6 Å². The van der Waals surface area contributed by atoms with Gasteiger partial charge in [-0.15, -0.1) is 0 Å². The van der Waals surface area contributed by atoms with Crippen LogP contribution in [0.3, 0.4) is 0 Å². The fourth-order valence-corrected chi connectivity index (χ4v) is 5.04. The molecule has 0 radical (unpaired) electrons. The first-order valence-corrected chi connectivity index (χ1v) is 10.5. The Bertz CT molecular complexity index is 1080. The van der Waals surface area contributed by atoms with E-state index in [4.69, 9.17) is 4.74 Å². The number of hydrogen-bond donors (Lipinski definition) is 0. The number of nitrogens with zero attached hydrogens (tertiary/aromatic N) is 2. The molecule has 168 valence electrons. The van der Waals surface area contributed by atoms with Crippen molar-refractivity contribution in [1.29, 1.82) is 0 Å². The Morgan fingerprint density at radius 1 is 0.938 bits per heavy atom. The van der Waals surface area contributed by atoms with E-state index in [1.54, 1.807) is 4.90 Å². The Labute approximate surface area is 181 Å². The molecule has 3 saturated heterocycles. The Hall–Kier alpha value is -2.94. The van der Waals surface area contributed by atoms with Gasteiger partial charge in [0.1, 0.15) is 29.5 Å². The minimum atomic E-state index is -1.12. The third kappa shape index (κ3) is 3.35. The Balaban J connectivity index is 1.32. The van der Waals surface area contributed by atoms with Crippen LogP contribution in [0.15, 0.2) is 36.4 Å². The summed E-state index contributed by atoms with van der Waals surface area (Å²) in [6.07, 6.45) is 1.02. The third-order valence-corrected chi connectivity index (χ3v) is 6.61.